The lowest BCUT2D eigenvalue weighted by Gasteiger charge is -2.19. The van der Waals surface area contributed by atoms with E-state index in [1.54, 1.807) is 15.9 Å². The maximum absolute atomic E-state index is 12.3. The van der Waals surface area contributed by atoms with E-state index in [0.29, 0.717) is 5.69 Å². The predicted octanol–water partition coefficient (Wildman–Crippen LogP) is 2.20. The Morgan fingerprint density at radius 1 is 1.52 bits per heavy atom. The highest BCUT2D eigenvalue weighted by molar-refractivity contribution is 7.09. The molecule has 0 aliphatic heterocycles. The van der Waals surface area contributed by atoms with E-state index in [4.69, 9.17) is 0 Å². The van der Waals surface area contributed by atoms with Crippen LogP contribution in [0.25, 0.3) is 11.3 Å². The molecule has 5 nitrogen and oxygen atoms in total. The van der Waals surface area contributed by atoms with Crippen molar-refractivity contribution < 1.29 is 9.90 Å². The van der Waals surface area contributed by atoms with E-state index in [-0.39, 0.29) is 24.5 Å². The molecule has 0 spiro atoms. The van der Waals surface area contributed by atoms with Crippen LogP contribution >= 0.6 is 11.3 Å². The normalized spacial score (nSPS) is 12.7. The third-order valence-electron chi connectivity index (χ3n) is 3.47. The molecule has 2 aromatic heterocycles. The van der Waals surface area contributed by atoms with Crippen LogP contribution in [0, 0.1) is 12.8 Å². The summed E-state index contributed by atoms with van der Waals surface area (Å²) in [6, 6.07) is 1.59. The first-order valence-corrected chi connectivity index (χ1v) is 7.81. The number of thiazole rings is 1. The van der Waals surface area contributed by atoms with Crippen LogP contribution < -0.4 is 5.32 Å². The molecule has 2 aromatic rings. The number of hydrogen-bond donors (Lipinski definition) is 2. The van der Waals surface area contributed by atoms with Gasteiger partial charge in [-0.3, -0.25) is 4.79 Å². The Hall–Kier alpha value is -1.66. The van der Waals surface area contributed by atoms with E-state index in [1.165, 1.54) is 0 Å². The highest BCUT2D eigenvalue weighted by atomic mass is 32.1. The number of nitrogens with one attached hydrogen (secondary N) is 1. The monoisotopic (exact) mass is 307 g/mol. The van der Waals surface area contributed by atoms with Crippen molar-refractivity contribution in [1.29, 1.82) is 0 Å². The van der Waals surface area contributed by atoms with Crippen LogP contribution in [0.15, 0.2) is 17.6 Å². The van der Waals surface area contributed by atoms with Crippen molar-refractivity contribution in [1.82, 2.24) is 14.9 Å². The Labute approximate surface area is 128 Å². The van der Waals surface area contributed by atoms with E-state index in [2.05, 4.69) is 10.3 Å². The number of hydrogen-bond acceptors (Lipinski definition) is 4. The quantitative estimate of drug-likeness (QED) is 0.890. The third-order valence-corrected chi connectivity index (χ3v) is 4.24. The van der Waals surface area contributed by atoms with Gasteiger partial charge in [0.1, 0.15) is 5.69 Å². The summed E-state index contributed by atoms with van der Waals surface area (Å²) in [5, 5.41) is 15.2. The van der Waals surface area contributed by atoms with Gasteiger partial charge >= 0.3 is 0 Å². The van der Waals surface area contributed by atoms with Crippen molar-refractivity contribution in [3.8, 4) is 11.3 Å². The summed E-state index contributed by atoms with van der Waals surface area (Å²) in [6.07, 6.45) is 1.90. The van der Waals surface area contributed by atoms with Crippen molar-refractivity contribution >= 4 is 17.2 Å². The zero-order chi connectivity index (χ0) is 15.6. The Kier molecular flexibility index (Phi) is 4.80. The fourth-order valence-electron chi connectivity index (χ4n) is 2.09. The van der Waals surface area contributed by atoms with Crippen LogP contribution in [-0.4, -0.2) is 33.2 Å². The molecular weight excluding hydrogens is 286 g/mol. The lowest BCUT2D eigenvalue weighted by Crippen LogP contribution is -2.41. The van der Waals surface area contributed by atoms with Gasteiger partial charge in [0.25, 0.3) is 5.91 Å². The average Bonchev–Trinajstić information content (AvgIpc) is 3.01. The van der Waals surface area contributed by atoms with Crippen LogP contribution in [0.4, 0.5) is 0 Å². The Morgan fingerprint density at radius 2 is 2.24 bits per heavy atom. The molecule has 0 aliphatic carbocycles. The Balaban J connectivity index is 2.21. The second-order valence-electron chi connectivity index (χ2n) is 5.48. The highest BCUT2D eigenvalue weighted by Crippen LogP contribution is 2.23. The smallest absolute Gasteiger partial charge is 0.268 e. The molecule has 0 aliphatic rings. The van der Waals surface area contributed by atoms with E-state index in [1.807, 2.05) is 45.5 Å². The second-order valence-corrected chi connectivity index (χ2v) is 6.55. The van der Waals surface area contributed by atoms with Gasteiger partial charge in [0.05, 0.1) is 23.4 Å². The highest BCUT2D eigenvalue weighted by Gasteiger charge is 2.19. The maximum atomic E-state index is 12.3. The van der Waals surface area contributed by atoms with Crippen LogP contribution in [-0.2, 0) is 7.05 Å². The summed E-state index contributed by atoms with van der Waals surface area (Å²) in [7, 11) is 1.83. The molecule has 1 unspecified atom stereocenters. The topological polar surface area (TPSA) is 67.2 Å². The number of aromatic nitrogens is 2. The number of aryl methyl sites for hydroxylation is 2. The SMILES string of the molecule is Cc1nc(-c2cc(C(=O)NC(CO)C(C)C)n(C)c2)cs1. The maximum Gasteiger partial charge on any atom is 0.268 e. The van der Waals surface area contributed by atoms with Crippen molar-refractivity contribution in [2.24, 2.45) is 13.0 Å². The molecule has 2 rings (SSSR count). The predicted molar refractivity (Wildman–Crippen MR) is 84.4 cm³/mol. The molecular formula is C15H21N3O2S. The van der Waals surface area contributed by atoms with E-state index < -0.39 is 0 Å². The van der Waals surface area contributed by atoms with Crippen molar-refractivity contribution in [2.75, 3.05) is 6.61 Å². The molecule has 0 bridgehead atoms. The van der Waals surface area contributed by atoms with Gasteiger partial charge in [-0.15, -0.1) is 11.3 Å². The summed E-state index contributed by atoms with van der Waals surface area (Å²) in [4.78, 5) is 16.8. The Bertz CT molecular complexity index is 631. The molecule has 0 radical (unpaired) electrons. The standard InChI is InChI=1S/C15H21N3O2S/c1-9(2)12(7-19)17-15(20)14-5-11(6-18(14)4)13-8-21-10(3)16-13/h5-6,8-9,12,19H,7H2,1-4H3,(H,17,20). The molecule has 0 aromatic carbocycles. The second kappa shape index (κ2) is 6.41. The van der Waals surface area contributed by atoms with Crippen LogP contribution in [0.3, 0.4) is 0 Å². The fraction of sp³-hybridized carbons (Fsp3) is 0.467. The van der Waals surface area contributed by atoms with Gasteiger partial charge < -0.3 is 15.0 Å². The molecule has 2 N–H and O–H groups in total. The molecule has 21 heavy (non-hydrogen) atoms. The minimum absolute atomic E-state index is 0.0635. The fourth-order valence-corrected chi connectivity index (χ4v) is 2.71. The van der Waals surface area contributed by atoms with E-state index >= 15 is 0 Å². The van der Waals surface area contributed by atoms with Gasteiger partial charge in [0, 0.05) is 24.2 Å². The molecule has 0 fully saturated rings. The zero-order valence-electron chi connectivity index (χ0n) is 12.8. The average molecular weight is 307 g/mol. The first-order valence-electron chi connectivity index (χ1n) is 6.93. The largest absolute Gasteiger partial charge is 0.394 e. The summed E-state index contributed by atoms with van der Waals surface area (Å²) >= 11 is 1.59. The number of rotatable bonds is 5. The summed E-state index contributed by atoms with van der Waals surface area (Å²) in [5.41, 5.74) is 2.38. The van der Waals surface area contributed by atoms with Gasteiger partial charge in [-0.25, -0.2) is 4.98 Å². The minimum Gasteiger partial charge on any atom is -0.394 e. The Morgan fingerprint density at radius 3 is 2.76 bits per heavy atom. The summed E-state index contributed by atoms with van der Waals surface area (Å²) in [5.74, 6) is 0.00308. The lowest BCUT2D eigenvalue weighted by molar-refractivity contribution is 0.0888. The minimum atomic E-state index is -0.239. The number of nitrogens with zero attached hydrogens (tertiary/aromatic N) is 2. The molecule has 0 saturated heterocycles. The molecule has 6 heteroatoms. The van der Waals surface area contributed by atoms with Gasteiger partial charge in [0.2, 0.25) is 0 Å². The van der Waals surface area contributed by atoms with Crippen molar-refractivity contribution in [3.05, 3.63) is 28.3 Å². The van der Waals surface area contributed by atoms with Gasteiger partial charge in [0.15, 0.2) is 0 Å². The van der Waals surface area contributed by atoms with Gasteiger partial charge in [-0.1, -0.05) is 13.8 Å². The van der Waals surface area contributed by atoms with Gasteiger partial charge in [-0.2, -0.15) is 0 Å². The van der Waals surface area contributed by atoms with E-state index in [0.717, 1.165) is 16.3 Å². The molecule has 2 heterocycles. The molecule has 1 amide bonds. The van der Waals surface area contributed by atoms with E-state index in [9.17, 15) is 9.90 Å². The molecule has 1 atom stereocenters. The molecule has 0 saturated carbocycles. The van der Waals surface area contributed by atoms with Crippen LogP contribution in [0.5, 0.6) is 0 Å². The third kappa shape index (κ3) is 3.51. The van der Waals surface area contributed by atoms with Crippen LogP contribution in [0.1, 0.15) is 29.3 Å². The van der Waals surface area contributed by atoms with Crippen LogP contribution in [0.2, 0.25) is 0 Å². The van der Waals surface area contributed by atoms with Crippen molar-refractivity contribution in [3.63, 3.8) is 0 Å². The number of carbonyl (C=O) groups is 1. The number of amides is 1. The van der Waals surface area contributed by atoms with Crippen molar-refractivity contribution in [2.45, 2.75) is 26.8 Å². The first-order chi connectivity index (χ1) is 9.92. The lowest BCUT2D eigenvalue weighted by atomic mass is 10.1. The summed E-state index contributed by atoms with van der Waals surface area (Å²) in [6.45, 7) is 5.83. The molecule has 114 valence electrons. The number of aliphatic hydroxyl groups is 1. The number of carbonyl (C=O) groups excluding carboxylic acids is 1. The van der Waals surface area contributed by atoms with Gasteiger partial charge in [-0.05, 0) is 18.9 Å². The zero-order valence-corrected chi connectivity index (χ0v) is 13.6. The first kappa shape index (κ1) is 15.7. The number of aliphatic hydroxyl groups excluding tert-OH is 1. The summed E-state index contributed by atoms with van der Waals surface area (Å²) < 4.78 is 1.79.